The summed E-state index contributed by atoms with van der Waals surface area (Å²) in [7, 11) is 0. The zero-order valence-electron chi connectivity index (χ0n) is 20.1. The normalized spacial score (nSPS) is 12.1. The monoisotopic (exact) mass is 469 g/mol. The number of ether oxygens (including phenoxy) is 3. The summed E-state index contributed by atoms with van der Waals surface area (Å²) in [6.45, 7) is 8.37. The molecule has 0 aromatic heterocycles. The molecule has 0 unspecified atom stereocenters. The first-order valence-electron chi connectivity index (χ1n) is 11.0. The van der Waals surface area contributed by atoms with Gasteiger partial charge in [0, 0.05) is 0 Å². The number of aliphatic imine (C=N–C) groups is 1. The van der Waals surface area contributed by atoms with E-state index in [4.69, 9.17) is 14.2 Å². The van der Waals surface area contributed by atoms with Crippen LogP contribution in [0.5, 0.6) is 0 Å². The van der Waals surface area contributed by atoms with Gasteiger partial charge in [-0.05, 0) is 45.7 Å². The van der Waals surface area contributed by atoms with Crippen molar-refractivity contribution >= 4 is 24.0 Å². The molecule has 0 aliphatic rings. The number of hydrogen-bond donors (Lipinski definition) is 1. The van der Waals surface area contributed by atoms with Crippen molar-refractivity contribution in [1.29, 1.82) is 0 Å². The second-order valence-electron chi connectivity index (χ2n) is 7.95. The lowest BCUT2D eigenvalue weighted by Crippen LogP contribution is -2.55. The first-order valence-corrected chi connectivity index (χ1v) is 11.0. The maximum absolute atomic E-state index is 12.8. The summed E-state index contributed by atoms with van der Waals surface area (Å²) in [6.07, 6.45) is -3.37. The lowest BCUT2D eigenvalue weighted by Gasteiger charge is -2.30. The molecule has 0 spiro atoms. The maximum Gasteiger partial charge on any atom is 0.434 e. The van der Waals surface area contributed by atoms with Crippen molar-refractivity contribution in [2.45, 2.75) is 59.5 Å². The Morgan fingerprint density at radius 2 is 1.41 bits per heavy atom. The molecule has 2 aromatic carbocycles. The number of hydrazine groups is 1. The van der Waals surface area contributed by atoms with Crippen LogP contribution in [0, 0.1) is 0 Å². The average molecular weight is 470 g/mol. The Labute approximate surface area is 199 Å². The van der Waals surface area contributed by atoms with Crippen molar-refractivity contribution in [3.8, 4) is 0 Å². The number of rotatable bonds is 7. The van der Waals surface area contributed by atoms with Gasteiger partial charge < -0.3 is 14.2 Å². The Morgan fingerprint density at radius 3 is 1.97 bits per heavy atom. The van der Waals surface area contributed by atoms with Crippen molar-refractivity contribution < 1.29 is 28.6 Å². The van der Waals surface area contributed by atoms with Gasteiger partial charge in [0.2, 0.25) is 0 Å². The van der Waals surface area contributed by atoms with Gasteiger partial charge in [-0.3, -0.25) is 0 Å². The average Bonchev–Trinajstić information content (AvgIpc) is 2.79. The first-order chi connectivity index (χ1) is 16.2. The van der Waals surface area contributed by atoms with Crippen LogP contribution in [0.1, 0.15) is 45.7 Å². The largest absolute Gasteiger partial charge is 0.446 e. The van der Waals surface area contributed by atoms with E-state index in [1.165, 1.54) is 0 Å². The second-order valence-corrected chi connectivity index (χ2v) is 7.95. The molecule has 0 aliphatic heterocycles. The van der Waals surface area contributed by atoms with E-state index >= 15 is 0 Å². The van der Waals surface area contributed by atoms with Crippen LogP contribution < -0.4 is 5.43 Å². The Balaban J connectivity index is 2.34. The number of hydrogen-bond acceptors (Lipinski definition) is 6. The van der Waals surface area contributed by atoms with Gasteiger partial charge in [-0.1, -0.05) is 60.7 Å². The maximum atomic E-state index is 12.8. The quantitative estimate of drug-likeness (QED) is 0.344. The third kappa shape index (κ3) is 8.57. The summed E-state index contributed by atoms with van der Waals surface area (Å²) in [6, 6.07) is 17.1. The molecule has 1 N–H and O–H groups in total. The van der Waals surface area contributed by atoms with Gasteiger partial charge in [0.15, 0.2) is 0 Å². The molecule has 0 heterocycles. The van der Waals surface area contributed by atoms with Crippen LogP contribution >= 0.6 is 0 Å². The van der Waals surface area contributed by atoms with Gasteiger partial charge in [0.1, 0.15) is 6.61 Å². The zero-order valence-corrected chi connectivity index (χ0v) is 20.1. The topological polar surface area (TPSA) is 107 Å². The molecule has 182 valence electrons. The highest BCUT2D eigenvalue weighted by molar-refractivity contribution is 6.09. The van der Waals surface area contributed by atoms with Crippen LogP contribution in [0.4, 0.5) is 14.4 Å². The minimum Gasteiger partial charge on any atom is -0.446 e. The van der Waals surface area contributed by atoms with Crippen LogP contribution in [0.3, 0.4) is 0 Å². The van der Waals surface area contributed by atoms with E-state index in [0.717, 1.165) is 10.6 Å². The smallest absolute Gasteiger partial charge is 0.434 e. The van der Waals surface area contributed by atoms with Crippen molar-refractivity contribution in [2.75, 3.05) is 0 Å². The molecule has 34 heavy (non-hydrogen) atoms. The predicted molar refractivity (Wildman–Crippen MR) is 127 cm³/mol. The third-order valence-corrected chi connectivity index (χ3v) is 4.36. The second kappa shape index (κ2) is 13.0. The first kappa shape index (κ1) is 26.4. The van der Waals surface area contributed by atoms with Gasteiger partial charge in [-0.25, -0.2) is 24.8 Å². The molecule has 0 saturated carbocycles. The minimum absolute atomic E-state index is 0.0394. The zero-order chi connectivity index (χ0) is 25.1. The van der Waals surface area contributed by atoms with Crippen molar-refractivity contribution in [2.24, 2.45) is 4.99 Å². The third-order valence-electron chi connectivity index (χ3n) is 4.36. The fourth-order valence-corrected chi connectivity index (χ4v) is 2.88. The number of amides is 3. The molecule has 9 nitrogen and oxygen atoms in total. The van der Waals surface area contributed by atoms with Crippen LogP contribution in [0.2, 0.25) is 0 Å². The van der Waals surface area contributed by atoms with Crippen LogP contribution in [-0.2, 0) is 20.8 Å². The van der Waals surface area contributed by atoms with Crippen molar-refractivity contribution in [1.82, 2.24) is 10.4 Å². The highest BCUT2D eigenvalue weighted by Gasteiger charge is 2.30. The van der Waals surface area contributed by atoms with E-state index in [-0.39, 0.29) is 12.3 Å². The van der Waals surface area contributed by atoms with Crippen LogP contribution in [0.15, 0.2) is 65.7 Å². The molecule has 0 bridgehead atoms. The Bertz CT molecular complexity index is 977. The van der Waals surface area contributed by atoms with Gasteiger partial charge in [0.05, 0.1) is 24.0 Å². The van der Waals surface area contributed by atoms with Gasteiger partial charge >= 0.3 is 18.3 Å². The van der Waals surface area contributed by atoms with Crippen molar-refractivity contribution in [3.63, 3.8) is 0 Å². The molecule has 2 aromatic rings. The van der Waals surface area contributed by atoms with E-state index in [0.29, 0.717) is 5.56 Å². The van der Waals surface area contributed by atoms with E-state index in [2.05, 4.69) is 10.4 Å². The summed E-state index contributed by atoms with van der Waals surface area (Å²) < 4.78 is 15.7. The van der Waals surface area contributed by atoms with Gasteiger partial charge in [-0.15, -0.1) is 0 Å². The highest BCUT2D eigenvalue weighted by Crippen LogP contribution is 2.13. The lowest BCUT2D eigenvalue weighted by molar-refractivity contribution is 0.0426. The van der Waals surface area contributed by atoms with Crippen LogP contribution in [-0.4, -0.2) is 47.3 Å². The molecule has 1 atom stereocenters. The van der Waals surface area contributed by atoms with Crippen molar-refractivity contribution in [3.05, 3.63) is 71.8 Å². The molecule has 0 fully saturated rings. The van der Waals surface area contributed by atoms with E-state index in [1.807, 2.05) is 36.4 Å². The van der Waals surface area contributed by atoms with Gasteiger partial charge in [-0.2, -0.15) is 4.99 Å². The molecule has 0 radical (unpaired) electrons. The number of nitrogens with zero attached hydrogens (tertiary/aromatic N) is 2. The number of benzene rings is 2. The Hall–Kier alpha value is -3.88. The molecule has 0 aliphatic carbocycles. The SMILES string of the molecule is CC(C)OC(=O)NN(C(=O)OC(C)C)[C@H](C)/C(=N/C(=O)OCc1ccccc1)c1ccccc1. The molecule has 0 saturated heterocycles. The van der Waals surface area contributed by atoms with E-state index in [1.54, 1.807) is 58.9 Å². The summed E-state index contributed by atoms with van der Waals surface area (Å²) in [5.41, 5.74) is 3.97. The molecular formula is C25H31N3O6. The summed E-state index contributed by atoms with van der Waals surface area (Å²) in [5, 5.41) is 0.945. The van der Waals surface area contributed by atoms with E-state index in [9.17, 15) is 14.4 Å². The Kier molecular flexibility index (Phi) is 10.1. The number of carbonyl (C=O) groups is 3. The fraction of sp³-hybridized carbons (Fsp3) is 0.360. The molecule has 3 amide bonds. The standard InChI is InChI=1S/C25H31N3O6/c1-17(2)33-24(30)27-28(25(31)34-18(3)4)19(5)22(21-14-10-7-11-15-21)26-23(29)32-16-20-12-8-6-9-13-20/h6-15,17-19H,16H2,1-5H3,(H,27,30)/b26-22-/t19-/m1/s1. The molecule has 9 heteroatoms. The minimum atomic E-state index is -0.905. The fourth-order valence-electron chi connectivity index (χ4n) is 2.88. The van der Waals surface area contributed by atoms with Crippen LogP contribution in [0.25, 0.3) is 0 Å². The number of carbonyl (C=O) groups excluding carboxylic acids is 3. The summed E-state index contributed by atoms with van der Waals surface area (Å²) in [5.74, 6) is 0. The summed E-state index contributed by atoms with van der Waals surface area (Å²) >= 11 is 0. The number of nitrogens with one attached hydrogen (secondary N) is 1. The molecule has 2 rings (SSSR count). The predicted octanol–water partition coefficient (Wildman–Crippen LogP) is 5.10. The highest BCUT2D eigenvalue weighted by atomic mass is 16.6. The van der Waals surface area contributed by atoms with E-state index < -0.39 is 36.5 Å². The summed E-state index contributed by atoms with van der Waals surface area (Å²) in [4.78, 5) is 41.8. The molecular weight excluding hydrogens is 438 g/mol. The van der Waals surface area contributed by atoms with Gasteiger partial charge in [0.25, 0.3) is 0 Å². The Morgan fingerprint density at radius 1 is 0.853 bits per heavy atom. The lowest BCUT2D eigenvalue weighted by atomic mass is 10.0.